The van der Waals surface area contributed by atoms with Gasteiger partial charge in [0.1, 0.15) is 30.5 Å². The van der Waals surface area contributed by atoms with E-state index >= 15 is 0 Å². The van der Waals surface area contributed by atoms with Crippen molar-refractivity contribution in [1.29, 1.82) is 0 Å². The van der Waals surface area contributed by atoms with Crippen molar-refractivity contribution < 1.29 is 62.6 Å². The smallest absolute Gasteiger partial charge is 0.342 e. The average Bonchev–Trinajstić information content (AvgIpc) is 3.43. The number of hydrogen-bond donors (Lipinski definition) is 2. The number of fused-ring (bicyclic) bond motifs is 1. The van der Waals surface area contributed by atoms with Crippen LogP contribution < -0.4 is 0 Å². The van der Waals surface area contributed by atoms with Crippen molar-refractivity contribution >= 4 is 29.8 Å². The molecule has 3 fully saturated rings. The number of esters is 5. The molecule has 4 aliphatic rings. The molecule has 2 aliphatic carbocycles. The lowest BCUT2D eigenvalue weighted by Gasteiger charge is -2.58. The third-order valence-electron chi connectivity index (χ3n) is 9.07. The standard InChI is InChI=1S/C28H38O13/c1-11-9-17(36-13(3)29)22(37-14(4)30)26(7)19(12(2)20(33)21(34)24(26)39-16(6)32)23(38-15(5)31)28-18(10-11)40-25(35)27(28,8)41-28/h10,12,17-24,33-34H,9H2,1-8H3/b11-10-/t12-,17-,18+,19-,20-,21-,22+,23-,24+,26+,27+,28+/m1/s1. The highest BCUT2D eigenvalue weighted by Crippen LogP contribution is 2.66. The van der Waals surface area contributed by atoms with Crippen LogP contribution >= 0.6 is 0 Å². The first kappa shape index (κ1) is 30.9. The number of ether oxygens (including phenoxy) is 6. The molecule has 0 unspecified atom stereocenters. The van der Waals surface area contributed by atoms with E-state index in [0.717, 1.165) is 20.8 Å². The topological polar surface area (TPSA) is 184 Å². The second-order valence-corrected chi connectivity index (χ2v) is 11.9. The van der Waals surface area contributed by atoms with Gasteiger partial charge in [0, 0.05) is 40.0 Å². The molecule has 13 heteroatoms. The molecule has 0 aromatic heterocycles. The first-order chi connectivity index (χ1) is 18.9. The Labute approximate surface area is 237 Å². The van der Waals surface area contributed by atoms with Crippen LogP contribution in [0.5, 0.6) is 0 Å². The van der Waals surface area contributed by atoms with Crippen LogP contribution in [0.4, 0.5) is 0 Å². The Morgan fingerprint density at radius 1 is 0.854 bits per heavy atom. The summed E-state index contributed by atoms with van der Waals surface area (Å²) in [7, 11) is 0. The molecule has 0 aromatic carbocycles. The molecular weight excluding hydrogens is 544 g/mol. The van der Waals surface area contributed by atoms with Gasteiger partial charge in [0.15, 0.2) is 17.3 Å². The Morgan fingerprint density at radius 3 is 1.88 bits per heavy atom. The molecule has 12 atom stereocenters. The molecule has 2 saturated heterocycles. The molecule has 2 aliphatic heterocycles. The second-order valence-electron chi connectivity index (χ2n) is 11.9. The van der Waals surface area contributed by atoms with Gasteiger partial charge in [-0.15, -0.1) is 0 Å². The van der Waals surface area contributed by atoms with Crippen molar-refractivity contribution in [3.63, 3.8) is 0 Å². The maximum atomic E-state index is 13.1. The lowest BCUT2D eigenvalue weighted by atomic mass is 9.52. The van der Waals surface area contributed by atoms with Gasteiger partial charge in [-0.3, -0.25) is 19.2 Å². The zero-order valence-electron chi connectivity index (χ0n) is 24.4. The van der Waals surface area contributed by atoms with Gasteiger partial charge in [-0.05, 0) is 25.8 Å². The fourth-order valence-electron chi connectivity index (χ4n) is 7.42. The molecule has 4 rings (SSSR count). The molecule has 2 N–H and O–H groups in total. The number of aliphatic hydroxyl groups is 2. The first-order valence-corrected chi connectivity index (χ1v) is 13.5. The van der Waals surface area contributed by atoms with Crippen molar-refractivity contribution in [3.8, 4) is 0 Å². The summed E-state index contributed by atoms with van der Waals surface area (Å²) in [5, 5.41) is 22.6. The molecule has 0 amide bonds. The molecule has 41 heavy (non-hydrogen) atoms. The zero-order chi connectivity index (χ0) is 30.8. The Hall–Kier alpha value is -3.03. The number of aliphatic hydroxyl groups excluding tert-OH is 2. The molecular formula is C28H38O13. The fourth-order valence-corrected chi connectivity index (χ4v) is 7.42. The van der Waals surface area contributed by atoms with Crippen LogP contribution in [0.25, 0.3) is 0 Å². The minimum atomic E-state index is -1.70. The average molecular weight is 583 g/mol. The van der Waals surface area contributed by atoms with Gasteiger partial charge in [0.2, 0.25) is 0 Å². The summed E-state index contributed by atoms with van der Waals surface area (Å²) in [6.45, 7) is 10.9. The predicted molar refractivity (Wildman–Crippen MR) is 135 cm³/mol. The fraction of sp³-hybridized carbons (Fsp3) is 0.750. The molecule has 0 radical (unpaired) electrons. The summed E-state index contributed by atoms with van der Waals surface area (Å²) in [4.78, 5) is 63.0. The van der Waals surface area contributed by atoms with Gasteiger partial charge in [-0.2, -0.15) is 0 Å². The molecule has 1 spiro atoms. The minimum absolute atomic E-state index is 0.0151. The van der Waals surface area contributed by atoms with E-state index in [9.17, 15) is 34.2 Å². The number of hydrogen-bond acceptors (Lipinski definition) is 13. The van der Waals surface area contributed by atoms with Crippen LogP contribution in [0.2, 0.25) is 0 Å². The molecule has 0 bridgehead atoms. The zero-order valence-corrected chi connectivity index (χ0v) is 24.4. The SMILES string of the molecule is CC(=O)O[C@@H]1[C@H]2[C@@H](C)[C@@H](O)[C@@H](O)[C@H](OC(C)=O)[C@]2(C)[C@@H](OC(C)=O)[C@H](OC(C)=O)C/C(C)=C\[C@@H]2OC(=O)[C@]3(C)O[C@@]213. The van der Waals surface area contributed by atoms with Crippen LogP contribution in [-0.4, -0.2) is 94.0 Å². The van der Waals surface area contributed by atoms with Crippen molar-refractivity contribution in [3.05, 3.63) is 11.6 Å². The summed E-state index contributed by atoms with van der Waals surface area (Å²) in [6.07, 6.45) is -8.19. The van der Waals surface area contributed by atoms with Crippen molar-refractivity contribution in [2.75, 3.05) is 0 Å². The summed E-state index contributed by atoms with van der Waals surface area (Å²) >= 11 is 0. The highest BCUT2D eigenvalue weighted by atomic mass is 16.7. The maximum Gasteiger partial charge on any atom is 0.342 e. The summed E-state index contributed by atoms with van der Waals surface area (Å²) in [5.41, 5.74) is -4.26. The van der Waals surface area contributed by atoms with Crippen LogP contribution in [0, 0.1) is 17.3 Å². The molecule has 2 heterocycles. The van der Waals surface area contributed by atoms with E-state index in [-0.39, 0.29) is 6.42 Å². The van der Waals surface area contributed by atoms with Gasteiger partial charge >= 0.3 is 29.8 Å². The summed E-state index contributed by atoms with van der Waals surface area (Å²) < 4.78 is 34.9. The predicted octanol–water partition coefficient (Wildman–Crippen LogP) is 0.510. The minimum Gasteiger partial charge on any atom is -0.459 e. The van der Waals surface area contributed by atoms with Gasteiger partial charge < -0.3 is 38.6 Å². The van der Waals surface area contributed by atoms with Gasteiger partial charge in [-0.1, -0.05) is 19.4 Å². The number of carbonyl (C=O) groups is 5. The summed E-state index contributed by atoms with van der Waals surface area (Å²) in [6, 6.07) is 0. The first-order valence-electron chi connectivity index (χ1n) is 13.5. The monoisotopic (exact) mass is 582 g/mol. The van der Waals surface area contributed by atoms with E-state index in [0.29, 0.717) is 5.57 Å². The highest BCUT2D eigenvalue weighted by molar-refractivity contribution is 5.89. The van der Waals surface area contributed by atoms with E-state index in [1.54, 1.807) is 26.8 Å². The number of epoxide rings is 1. The van der Waals surface area contributed by atoms with Gasteiger partial charge in [-0.25, -0.2) is 4.79 Å². The van der Waals surface area contributed by atoms with E-state index < -0.39 is 101 Å². The normalized spacial score (nSPS) is 46.2. The molecule has 13 nitrogen and oxygen atoms in total. The number of rotatable bonds is 4. The lowest BCUT2D eigenvalue weighted by Crippen LogP contribution is -2.72. The van der Waals surface area contributed by atoms with Gasteiger partial charge in [0.05, 0.1) is 11.5 Å². The largest absolute Gasteiger partial charge is 0.459 e. The molecule has 1 saturated carbocycles. The molecule has 228 valence electrons. The third-order valence-corrected chi connectivity index (χ3v) is 9.07. The maximum absolute atomic E-state index is 13.1. The van der Waals surface area contributed by atoms with Crippen molar-refractivity contribution in [1.82, 2.24) is 0 Å². The van der Waals surface area contributed by atoms with E-state index in [4.69, 9.17) is 28.4 Å². The van der Waals surface area contributed by atoms with Crippen LogP contribution in [0.3, 0.4) is 0 Å². The van der Waals surface area contributed by atoms with Crippen molar-refractivity contribution in [2.24, 2.45) is 17.3 Å². The highest BCUT2D eigenvalue weighted by Gasteiger charge is 2.87. The molecule has 0 aromatic rings. The van der Waals surface area contributed by atoms with Crippen LogP contribution in [-0.2, 0) is 52.4 Å². The Morgan fingerprint density at radius 2 is 1.37 bits per heavy atom. The van der Waals surface area contributed by atoms with Gasteiger partial charge in [0.25, 0.3) is 0 Å². The van der Waals surface area contributed by atoms with E-state index in [1.165, 1.54) is 13.8 Å². The quantitative estimate of drug-likeness (QED) is 0.202. The van der Waals surface area contributed by atoms with E-state index in [1.807, 2.05) is 0 Å². The Bertz CT molecular complexity index is 1180. The van der Waals surface area contributed by atoms with E-state index in [2.05, 4.69) is 0 Å². The van der Waals surface area contributed by atoms with Crippen molar-refractivity contribution in [2.45, 2.75) is 116 Å². The lowest BCUT2D eigenvalue weighted by molar-refractivity contribution is -0.270. The van der Waals surface area contributed by atoms with Crippen LogP contribution in [0.1, 0.15) is 61.8 Å². The second kappa shape index (κ2) is 10.4. The third kappa shape index (κ3) is 4.71. The Balaban J connectivity index is 2.09. The van der Waals surface area contributed by atoms with Crippen LogP contribution in [0.15, 0.2) is 11.6 Å². The summed E-state index contributed by atoms with van der Waals surface area (Å²) in [5.74, 6) is -5.80. The number of carbonyl (C=O) groups excluding carboxylic acids is 5. The Kier molecular flexibility index (Phi) is 7.81.